The topological polar surface area (TPSA) is 336 Å². The first kappa shape index (κ1) is 38.2. The van der Waals surface area contributed by atoms with Gasteiger partial charge in [0.05, 0.1) is 18.3 Å². The number of fused-ring (bicyclic) bond motifs is 1. The molecule has 0 spiro atoms. The zero-order valence-corrected chi connectivity index (χ0v) is 27.7. The SMILES string of the molecule is C[C@@H]1O[C@@H](OC[C@H]2O[C@@H](Oc3c(-c4ccc(O)c(O)c4)oc4cc(O)cc(O)c4c3=O)[C@H](OC(=O)c3cc(O)c(O)c(O)c3)[C@@H](O)[C@@H]2O)[C@H](O)[C@H](O)[C@H]1O. The predicted molar refractivity (Wildman–Crippen MR) is 175 cm³/mol. The second kappa shape index (κ2) is 14.7. The second-order valence-electron chi connectivity index (χ2n) is 12.5. The van der Waals surface area contributed by atoms with Gasteiger partial charge in [0.2, 0.25) is 17.5 Å². The maximum absolute atomic E-state index is 14.0. The molecule has 0 amide bonds. The first-order chi connectivity index (χ1) is 25.5. The van der Waals surface area contributed by atoms with Crippen molar-refractivity contribution in [3.05, 3.63) is 58.3 Å². The predicted octanol–water partition coefficient (Wildman–Crippen LogP) is -0.706. The fourth-order valence-corrected chi connectivity index (χ4v) is 5.86. The van der Waals surface area contributed by atoms with E-state index in [1.54, 1.807) is 0 Å². The van der Waals surface area contributed by atoms with Crippen molar-refractivity contribution < 1.29 is 94.2 Å². The van der Waals surface area contributed by atoms with Crippen LogP contribution in [0.5, 0.6) is 46.0 Å². The Kier molecular flexibility index (Phi) is 10.4. The van der Waals surface area contributed by atoms with Crippen LogP contribution in [0.15, 0.2) is 51.7 Å². The maximum atomic E-state index is 14.0. The van der Waals surface area contributed by atoms with Gasteiger partial charge in [-0.1, -0.05) is 0 Å². The van der Waals surface area contributed by atoms with E-state index in [-0.39, 0.29) is 11.1 Å². The van der Waals surface area contributed by atoms with Crippen molar-refractivity contribution in [2.75, 3.05) is 6.61 Å². The normalized spacial score (nSPS) is 28.5. The van der Waals surface area contributed by atoms with Gasteiger partial charge in [0.15, 0.2) is 46.9 Å². The highest BCUT2D eigenvalue weighted by Gasteiger charge is 2.50. The van der Waals surface area contributed by atoms with Gasteiger partial charge >= 0.3 is 5.97 Å². The number of phenols is 7. The lowest BCUT2D eigenvalue weighted by molar-refractivity contribution is -0.318. The lowest BCUT2D eigenvalue weighted by Gasteiger charge is -2.43. The number of hydrogen-bond donors (Lipinski definition) is 12. The van der Waals surface area contributed by atoms with E-state index in [9.17, 15) is 70.9 Å². The Morgan fingerprint density at radius 2 is 1.41 bits per heavy atom. The fourth-order valence-electron chi connectivity index (χ4n) is 5.86. The number of esters is 1. The van der Waals surface area contributed by atoms with Crippen LogP contribution < -0.4 is 10.2 Å². The summed E-state index contributed by atoms with van der Waals surface area (Å²) in [6.07, 6.45) is -17.7. The number of aromatic hydroxyl groups is 7. The highest BCUT2D eigenvalue weighted by molar-refractivity contribution is 5.91. The molecule has 20 nitrogen and oxygen atoms in total. The van der Waals surface area contributed by atoms with Crippen molar-refractivity contribution >= 4 is 16.9 Å². The van der Waals surface area contributed by atoms with Gasteiger partial charge in [-0.2, -0.15) is 0 Å². The Morgan fingerprint density at radius 3 is 2.07 bits per heavy atom. The molecule has 6 rings (SSSR count). The highest BCUT2D eigenvalue weighted by atomic mass is 16.7. The highest BCUT2D eigenvalue weighted by Crippen LogP contribution is 2.40. The van der Waals surface area contributed by atoms with E-state index in [0.717, 1.165) is 24.3 Å². The Bertz CT molecular complexity index is 2090. The van der Waals surface area contributed by atoms with Crippen molar-refractivity contribution in [3.8, 4) is 57.3 Å². The number of rotatable bonds is 8. The Balaban J connectivity index is 1.41. The summed E-state index contributed by atoms with van der Waals surface area (Å²) in [6, 6.07) is 6.33. The van der Waals surface area contributed by atoms with E-state index in [0.29, 0.717) is 12.1 Å². The van der Waals surface area contributed by atoms with Crippen molar-refractivity contribution in [1.29, 1.82) is 0 Å². The Morgan fingerprint density at radius 1 is 0.722 bits per heavy atom. The largest absolute Gasteiger partial charge is 0.508 e. The standard InChI is InChI=1S/C34H34O20/c1-10-22(41)26(45)28(47)33(50-10)49-9-20-24(43)27(46)31(53-32(48)12-5-17(39)23(42)18(40)6-12)34(52-20)54-30-25(44)21-16(38)7-13(35)8-19(21)51-29(30)11-2-3-14(36)15(37)4-11/h2-8,10,20,22,24,26-28,31,33-43,45-47H,9H2,1H3/t10-,20+,22-,24+,26+,27-,28+,31+,33+,34-/m0/s1. The van der Waals surface area contributed by atoms with E-state index in [1.165, 1.54) is 13.0 Å². The molecular weight excluding hydrogens is 728 g/mol. The number of carbonyl (C=O) groups is 1. The van der Waals surface area contributed by atoms with Crippen LogP contribution in [0.4, 0.5) is 0 Å². The average molecular weight is 763 g/mol. The van der Waals surface area contributed by atoms with Gasteiger partial charge < -0.3 is 89.4 Å². The van der Waals surface area contributed by atoms with Crippen LogP contribution in [-0.4, -0.2) is 135 Å². The number of aliphatic hydroxyl groups is 5. The van der Waals surface area contributed by atoms with Crippen LogP contribution >= 0.6 is 0 Å². The van der Waals surface area contributed by atoms with Crippen LogP contribution in [0.1, 0.15) is 17.3 Å². The third kappa shape index (κ3) is 7.07. The molecule has 0 bridgehead atoms. The van der Waals surface area contributed by atoms with Gasteiger partial charge in [-0.15, -0.1) is 0 Å². The summed E-state index contributed by atoms with van der Waals surface area (Å²) in [5.74, 6) is -8.16. The number of carbonyl (C=O) groups excluding carboxylic acids is 1. The van der Waals surface area contributed by atoms with Crippen molar-refractivity contribution in [2.24, 2.45) is 0 Å². The number of phenolic OH excluding ortho intramolecular Hbond substituents is 7. The van der Waals surface area contributed by atoms with Gasteiger partial charge in [-0.05, 0) is 37.3 Å². The number of aliphatic hydroxyl groups excluding tert-OH is 5. The summed E-state index contributed by atoms with van der Waals surface area (Å²) in [6.45, 7) is 0.628. The zero-order chi connectivity index (χ0) is 39.3. The van der Waals surface area contributed by atoms with Crippen LogP contribution in [0, 0.1) is 0 Å². The van der Waals surface area contributed by atoms with Crippen LogP contribution in [0.25, 0.3) is 22.3 Å². The van der Waals surface area contributed by atoms with Crippen molar-refractivity contribution in [3.63, 3.8) is 0 Å². The third-order valence-electron chi connectivity index (χ3n) is 8.82. The molecule has 20 heteroatoms. The molecule has 2 aliphatic heterocycles. The van der Waals surface area contributed by atoms with E-state index in [2.05, 4.69) is 0 Å². The number of ether oxygens (including phenoxy) is 5. The molecule has 0 radical (unpaired) electrons. The molecule has 54 heavy (non-hydrogen) atoms. The zero-order valence-electron chi connectivity index (χ0n) is 27.7. The van der Waals surface area contributed by atoms with Crippen molar-refractivity contribution in [1.82, 2.24) is 0 Å². The molecule has 1 aromatic heterocycles. The third-order valence-corrected chi connectivity index (χ3v) is 8.82. The fraction of sp³-hybridized carbons (Fsp3) is 0.353. The minimum absolute atomic E-state index is 0.139. The molecule has 0 saturated carbocycles. The summed E-state index contributed by atoms with van der Waals surface area (Å²) in [5, 5.41) is 123. The minimum atomic E-state index is -2.16. The maximum Gasteiger partial charge on any atom is 0.339 e. The number of hydrogen-bond acceptors (Lipinski definition) is 20. The molecule has 4 aromatic rings. The molecular formula is C34H34O20. The Labute approximate surface area is 301 Å². The first-order valence-electron chi connectivity index (χ1n) is 16.0. The van der Waals surface area contributed by atoms with E-state index < -0.39 is 142 Å². The molecule has 0 aliphatic carbocycles. The second-order valence-corrected chi connectivity index (χ2v) is 12.5. The summed E-state index contributed by atoms with van der Waals surface area (Å²) >= 11 is 0. The summed E-state index contributed by atoms with van der Waals surface area (Å²) in [4.78, 5) is 27.3. The van der Waals surface area contributed by atoms with Gasteiger partial charge in [0.1, 0.15) is 59.1 Å². The van der Waals surface area contributed by atoms with E-state index in [4.69, 9.17) is 28.1 Å². The van der Waals surface area contributed by atoms with Gasteiger partial charge in [0, 0.05) is 17.7 Å². The van der Waals surface area contributed by atoms with Crippen LogP contribution in [0.3, 0.4) is 0 Å². The summed E-state index contributed by atoms with van der Waals surface area (Å²) < 4.78 is 33.9. The van der Waals surface area contributed by atoms with E-state index >= 15 is 0 Å². The smallest absolute Gasteiger partial charge is 0.339 e. The van der Waals surface area contributed by atoms with Crippen molar-refractivity contribution in [2.45, 2.75) is 68.3 Å². The average Bonchev–Trinajstić information content (AvgIpc) is 3.12. The molecule has 3 heterocycles. The van der Waals surface area contributed by atoms with Gasteiger partial charge in [0.25, 0.3) is 0 Å². The van der Waals surface area contributed by atoms with Gasteiger partial charge in [-0.25, -0.2) is 4.79 Å². The number of benzene rings is 3. The van der Waals surface area contributed by atoms with Crippen LogP contribution in [0.2, 0.25) is 0 Å². The van der Waals surface area contributed by atoms with Gasteiger partial charge in [-0.3, -0.25) is 4.79 Å². The molecule has 2 saturated heterocycles. The molecule has 290 valence electrons. The summed E-state index contributed by atoms with van der Waals surface area (Å²) in [5.41, 5.74) is -2.25. The lowest BCUT2D eigenvalue weighted by atomic mass is 9.98. The minimum Gasteiger partial charge on any atom is -0.508 e. The lowest BCUT2D eigenvalue weighted by Crippen LogP contribution is -2.62. The molecule has 0 unspecified atom stereocenters. The molecule has 2 aliphatic rings. The van der Waals surface area contributed by atoms with Crippen LogP contribution in [-0.2, 0) is 18.9 Å². The van der Waals surface area contributed by atoms with E-state index in [1.807, 2.05) is 0 Å². The first-order valence-corrected chi connectivity index (χ1v) is 16.0. The monoisotopic (exact) mass is 762 g/mol. The molecule has 10 atom stereocenters. The summed E-state index contributed by atoms with van der Waals surface area (Å²) in [7, 11) is 0. The Hall–Kier alpha value is -5.58. The molecule has 2 fully saturated rings. The quantitative estimate of drug-likeness (QED) is 0.0779. The molecule has 12 N–H and O–H groups in total. The molecule has 3 aromatic carbocycles.